The number of carboxylic acid groups (broad SMARTS) is 1. The Balaban J connectivity index is 1.76. The SMILES string of the molecule is CCNC(=O)c1ccc2c(C(=Nc3ccc(N(CCN(C)C(=O)O)S(C)(=O)=O)cc3)c3ccccc3)c(O)[nH]c2c1. The quantitative estimate of drug-likeness (QED) is 0.207. The molecule has 12 heteroatoms. The molecule has 41 heavy (non-hydrogen) atoms. The fraction of sp³-hybridized carbons (Fsp3) is 0.207. The summed E-state index contributed by atoms with van der Waals surface area (Å²) in [5, 5.41) is 23.5. The van der Waals surface area contributed by atoms with E-state index in [4.69, 9.17) is 10.1 Å². The molecule has 214 valence electrons. The van der Waals surface area contributed by atoms with Gasteiger partial charge in [-0.05, 0) is 43.3 Å². The lowest BCUT2D eigenvalue weighted by Crippen LogP contribution is -2.38. The normalized spacial score (nSPS) is 11.8. The molecule has 0 unspecified atom stereocenters. The van der Waals surface area contributed by atoms with Crippen LogP contribution >= 0.6 is 0 Å². The number of nitrogens with one attached hydrogen (secondary N) is 2. The van der Waals surface area contributed by atoms with Crippen LogP contribution in [-0.4, -0.2) is 79.2 Å². The first kappa shape index (κ1) is 29.2. The summed E-state index contributed by atoms with van der Waals surface area (Å²) in [6.07, 6.45) is -0.0951. The van der Waals surface area contributed by atoms with E-state index in [-0.39, 0.29) is 24.9 Å². The summed E-state index contributed by atoms with van der Waals surface area (Å²) in [6, 6.07) is 20.9. The molecule has 1 aromatic heterocycles. The number of aromatic nitrogens is 1. The Kier molecular flexibility index (Phi) is 8.62. The highest BCUT2D eigenvalue weighted by molar-refractivity contribution is 7.92. The van der Waals surface area contributed by atoms with E-state index in [1.165, 1.54) is 7.05 Å². The lowest BCUT2D eigenvalue weighted by atomic mass is 10.00. The Morgan fingerprint density at radius 3 is 2.27 bits per heavy atom. The molecule has 0 saturated carbocycles. The molecule has 0 aliphatic rings. The molecule has 4 N–H and O–H groups in total. The van der Waals surface area contributed by atoms with E-state index >= 15 is 0 Å². The van der Waals surface area contributed by atoms with Crippen molar-refractivity contribution >= 4 is 50.0 Å². The van der Waals surface area contributed by atoms with Crippen molar-refractivity contribution in [2.24, 2.45) is 4.99 Å². The first-order chi connectivity index (χ1) is 19.5. The maximum Gasteiger partial charge on any atom is 0.407 e. The Bertz CT molecular complexity index is 1700. The third kappa shape index (κ3) is 6.67. The predicted octanol–water partition coefficient (Wildman–Crippen LogP) is 4.17. The average Bonchev–Trinajstić information content (AvgIpc) is 3.26. The van der Waals surface area contributed by atoms with Gasteiger partial charge in [-0.1, -0.05) is 36.4 Å². The van der Waals surface area contributed by atoms with Crippen LogP contribution in [-0.2, 0) is 10.0 Å². The molecule has 0 atom stereocenters. The van der Waals surface area contributed by atoms with E-state index < -0.39 is 16.1 Å². The number of carbonyl (C=O) groups is 2. The first-order valence-corrected chi connectivity index (χ1v) is 14.6. The molecule has 0 bridgehead atoms. The van der Waals surface area contributed by atoms with Gasteiger partial charge in [0.05, 0.1) is 35.5 Å². The summed E-state index contributed by atoms with van der Waals surface area (Å²) in [6.45, 7) is 2.26. The Labute approximate surface area is 237 Å². The minimum atomic E-state index is -3.68. The summed E-state index contributed by atoms with van der Waals surface area (Å²) >= 11 is 0. The van der Waals surface area contributed by atoms with Gasteiger partial charge in [-0.25, -0.2) is 18.2 Å². The third-order valence-corrected chi connectivity index (χ3v) is 7.60. The minimum Gasteiger partial charge on any atom is -0.494 e. The molecule has 0 aliphatic heterocycles. The summed E-state index contributed by atoms with van der Waals surface area (Å²) in [5.74, 6) is -0.335. The zero-order chi connectivity index (χ0) is 29.7. The van der Waals surface area contributed by atoms with Crippen LogP contribution in [0, 0.1) is 0 Å². The second-order valence-corrected chi connectivity index (χ2v) is 11.3. The van der Waals surface area contributed by atoms with Gasteiger partial charge in [0.25, 0.3) is 5.91 Å². The number of benzene rings is 3. The van der Waals surface area contributed by atoms with Crippen molar-refractivity contribution in [3.63, 3.8) is 0 Å². The third-order valence-electron chi connectivity index (χ3n) is 6.41. The van der Waals surface area contributed by atoms with E-state index in [9.17, 15) is 23.1 Å². The van der Waals surface area contributed by atoms with Crippen molar-refractivity contribution in [3.8, 4) is 5.88 Å². The molecule has 3 aromatic carbocycles. The van der Waals surface area contributed by atoms with Crippen LogP contribution in [0.1, 0.15) is 28.4 Å². The number of aromatic hydroxyl groups is 1. The summed E-state index contributed by atoms with van der Waals surface area (Å²) < 4.78 is 26.1. The van der Waals surface area contributed by atoms with Crippen molar-refractivity contribution in [3.05, 3.63) is 89.5 Å². The number of sulfonamides is 1. The maximum absolute atomic E-state index is 12.5. The van der Waals surface area contributed by atoms with Gasteiger partial charge in [0.1, 0.15) is 0 Å². The number of rotatable bonds is 10. The number of hydrogen-bond donors (Lipinski definition) is 4. The number of nitrogens with zero attached hydrogens (tertiary/aromatic N) is 3. The topological polar surface area (TPSA) is 155 Å². The van der Waals surface area contributed by atoms with E-state index in [0.29, 0.717) is 45.7 Å². The number of aliphatic imine (C=N–C) groups is 1. The molecular formula is C29H31N5O6S. The van der Waals surface area contributed by atoms with Crippen LogP contribution in [0.2, 0.25) is 0 Å². The van der Waals surface area contributed by atoms with E-state index in [1.807, 2.05) is 37.3 Å². The van der Waals surface area contributed by atoms with Crippen LogP contribution in [0.5, 0.6) is 5.88 Å². The van der Waals surface area contributed by atoms with Gasteiger partial charge in [0, 0.05) is 42.2 Å². The molecule has 0 spiro atoms. The molecule has 1 heterocycles. The molecule has 4 rings (SSSR count). The largest absolute Gasteiger partial charge is 0.494 e. The number of likely N-dealkylation sites (N-methyl/N-ethyl adjacent to an activating group) is 1. The molecule has 0 fully saturated rings. The van der Waals surface area contributed by atoms with Crippen molar-refractivity contribution in [2.75, 3.05) is 37.2 Å². The highest BCUT2D eigenvalue weighted by atomic mass is 32.2. The lowest BCUT2D eigenvalue weighted by Gasteiger charge is -2.24. The van der Waals surface area contributed by atoms with Gasteiger partial charge in [-0.15, -0.1) is 0 Å². The van der Waals surface area contributed by atoms with Gasteiger partial charge in [0.2, 0.25) is 10.0 Å². The van der Waals surface area contributed by atoms with Crippen LogP contribution in [0.25, 0.3) is 10.9 Å². The Hall–Kier alpha value is -4.84. The zero-order valence-corrected chi connectivity index (χ0v) is 23.6. The molecule has 2 amide bonds. The lowest BCUT2D eigenvalue weighted by molar-refractivity contribution is 0.0955. The fourth-order valence-corrected chi connectivity index (χ4v) is 5.25. The average molecular weight is 578 g/mol. The van der Waals surface area contributed by atoms with E-state index in [0.717, 1.165) is 21.0 Å². The zero-order valence-electron chi connectivity index (χ0n) is 22.8. The monoisotopic (exact) mass is 577 g/mol. The van der Waals surface area contributed by atoms with Crippen LogP contribution in [0.3, 0.4) is 0 Å². The van der Waals surface area contributed by atoms with Gasteiger partial charge in [-0.3, -0.25) is 9.10 Å². The van der Waals surface area contributed by atoms with E-state index in [2.05, 4.69) is 10.3 Å². The van der Waals surface area contributed by atoms with Gasteiger partial charge < -0.3 is 25.4 Å². The van der Waals surface area contributed by atoms with Crippen LogP contribution in [0.15, 0.2) is 77.8 Å². The van der Waals surface area contributed by atoms with Crippen molar-refractivity contribution in [1.29, 1.82) is 0 Å². The number of H-pyrrole nitrogens is 1. The number of hydrogen-bond acceptors (Lipinski definition) is 6. The van der Waals surface area contributed by atoms with Crippen molar-refractivity contribution in [2.45, 2.75) is 6.92 Å². The van der Waals surface area contributed by atoms with Crippen LogP contribution < -0.4 is 9.62 Å². The second-order valence-electron chi connectivity index (χ2n) is 9.35. The molecule has 11 nitrogen and oxygen atoms in total. The summed E-state index contributed by atoms with van der Waals surface area (Å²) in [4.78, 5) is 32.3. The standard InChI is InChI=1S/C29H31N5O6S/c1-4-30-27(35)20-10-15-23-24(18-20)32-28(36)25(23)26(19-8-6-5-7-9-19)31-21-11-13-22(14-12-21)34(41(3,39)40)17-16-33(2)29(37)38/h5-15,18,32,36H,4,16-17H2,1-3H3,(H,30,35)(H,37,38). The molecule has 4 aromatic rings. The molecule has 0 saturated heterocycles. The number of anilines is 1. The smallest absolute Gasteiger partial charge is 0.407 e. The molecule has 0 aliphatic carbocycles. The minimum absolute atomic E-state index is 0.0118. The van der Waals surface area contributed by atoms with Gasteiger partial charge in [-0.2, -0.15) is 0 Å². The number of fused-ring (bicyclic) bond motifs is 1. The summed E-state index contributed by atoms with van der Waals surface area (Å²) in [5.41, 5.74) is 3.52. The number of aromatic amines is 1. The van der Waals surface area contributed by atoms with Crippen molar-refractivity contribution < 1.29 is 28.2 Å². The molecular weight excluding hydrogens is 546 g/mol. The highest BCUT2D eigenvalue weighted by Crippen LogP contribution is 2.32. The summed E-state index contributed by atoms with van der Waals surface area (Å²) in [7, 11) is -2.32. The first-order valence-electron chi connectivity index (χ1n) is 12.8. The predicted molar refractivity (Wildman–Crippen MR) is 159 cm³/mol. The van der Waals surface area contributed by atoms with Crippen molar-refractivity contribution in [1.82, 2.24) is 15.2 Å². The molecule has 0 radical (unpaired) electrons. The maximum atomic E-state index is 12.5. The van der Waals surface area contributed by atoms with Gasteiger partial charge >= 0.3 is 6.09 Å². The van der Waals surface area contributed by atoms with E-state index in [1.54, 1.807) is 42.5 Å². The fourth-order valence-electron chi connectivity index (χ4n) is 4.33. The van der Waals surface area contributed by atoms with Crippen LogP contribution in [0.4, 0.5) is 16.2 Å². The highest BCUT2D eigenvalue weighted by Gasteiger charge is 2.21. The number of amides is 2. The Morgan fingerprint density at radius 2 is 1.66 bits per heavy atom. The second kappa shape index (κ2) is 12.1. The number of carbonyl (C=O) groups excluding carboxylic acids is 1. The van der Waals surface area contributed by atoms with Gasteiger partial charge in [0.15, 0.2) is 5.88 Å². The Morgan fingerprint density at radius 1 is 0.976 bits per heavy atom.